The molecule has 0 atom stereocenters. The molecular formula is C15H16N2O2. The summed E-state index contributed by atoms with van der Waals surface area (Å²) in [6, 6.07) is 9.92. The Morgan fingerprint density at radius 2 is 2.11 bits per heavy atom. The minimum Gasteiger partial charge on any atom is -0.480 e. The number of carbonyl (C=O) groups is 1. The summed E-state index contributed by atoms with van der Waals surface area (Å²) in [4.78, 5) is 15.7. The zero-order chi connectivity index (χ0) is 13.3. The molecule has 4 heteroatoms. The Morgan fingerprint density at radius 1 is 1.32 bits per heavy atom. The van der Waals surface area contributed by atoms with E-state index in [9.17, 15) is 9.90 Å². The van der Waals surface area contributed by atoms with Gasteiger partial charge in [-0.25, -0.2) is 0 Å². The maximum atomic E-state index is 11.3. The van der Waals surface area contributed by atoms with Gasteiger partial charge in [0.2, 0.25) is 0 Å². The quantitative estimate of drug-likeness (QED) is 0.881. The molecule has 1 heterocycles. The Hall–Kier alpha value is -1.94. The Kier molecular flexibility index (Phi) is 2.95. The third-order valence-corrected chi connectivity index (χ3v) is 3.95. The van der Waals surface area contributed by atoms with E-state index >= 15 is 0 Å². The van der Waals surface area contributed by atoms with Gasteiger partial charge in [0.1, 0.15) is 5.54 Å². The van der Waals surface area contributed by atoms with E-state index in [0.717, 1.165) is 22.9 Å². The maximum Gasteiger partial charge on any atom is 0.323 e. The van der Waals surface area contributed by atoms with Gasteiger partial charge in [-0.15, -0.1) is 0 Å². The Morgan fingerprint density at radius 3 is 2.79 bits per heavy atom. The SMILES string of the molecule is O=C(O)C1(NCc2cccc3cccnc23)CCC1. The van der Waals surface area contributed by atoms with Gasteiger partial charge in [-0.3, -0.25) is 15.1 Å². The normalized spacial score (nSPS) is 17.1. The largest absolute Gasteiger partial charge is 0.480 e. The Balaban J connectivity index is 1.84. The van der Waals surface area contributed by atoms with Crippen molar-refractivity contribution in [1.29, 1.82) is 0 Å². The number of carboxylic acids is 1. The fourth-order valence-electron chi connectivity index (χ4n) is 2.57. The van der Waals surface area contributed by atoms with Gasteiger partial charge in [0.05, 0.1) is 5.52 Å². The fraction of sp³-hybridized carbons (Fsp3) is 0.333. The first-order valence-corrected chi connectivity index (χ1v) is 6.52. The first kappa shape index (κ1) is 12.1. The number of fused-ring (bicyclic) bond motifs is 1. The second kappa shape index (κ2) is 4.63. The molecule has 2 aromatic rings. The molecule has 3 rings (SSSR count). The molecule has 0 spiro atoms. The summed E-state index contributed by atoms with van der Waals surface area (Å²) in [5, 5.41) is 13.6. The van der Waals surface area contributed by atoms with E-state index in [1.807, 2.05) is 30.3 Å². The van der Waals surface area contributed by atoms with E-state index in [-0.39, 0.29) is 0 Å². The number of rotatable bonds is 4. The number of hydrogen-bond acceptors (Lipinski definition) is 3. The van der Waals surface area contributed by atoms with Crippen molar-refractivity contribution in [2.45, 2.75) is 31.3 Å². The third kappa shape index (κ3) is 2.08. The molecule has 1 aliphatic carbocycles. The zero-order valence-corrected chi connectivity index (χ0v) is 10.6. The predicted molar refractivity (Wildman–Crippen MR) is 72.8 cm³/mol. The van der Waals surface area contributed by atoms with Crippen LogP contribution in [0.4, 0.5) is 0 Å². The van der Waals surface area contributed by atoms with E-state index in [0.29, 0.717) is 19.4 Å². The van der Waals surface area contributed by atoms with Crippen LogP contribution in [0.2, 0.25) is 0 Å². The molecule has 0 bridgehead atoms. The summed E-state index contributed by atoms with van der Waals surface area (Å²) in [7, 11) is 0. The van der Waals surface area contributed by atoms with Crippen molar-refractivity contribution < 1.29 is 9.90 Å². The highest BCUT2D eigenvalue weighted by atomic mass is 16.4. The van der Waals surface area contributed by atoms with Crippen LogP contribution in [0.3, 0.4) is 0 Å². The highest BCUT2D eigenvalue weighted by Crippen LogP contribution is 2.32. The molecule has 1 aromatic carbocycles. The van der Waals surface area contributed by atoms with Crippen LogP contribution in [0.15, 0.2) is 36.5 Å². The van der Waals surface area contributed by atoms with Crippen LogP contribution in [-0.2, 0) is 11.3 Å². The van der Waals surface area contributed by atoms with Crippen LogP contribution in [0.25, 0.3) is 10.9 Å². The van der Waals surface area contributed by atoms with E-state index < -0.39 is 11.5 Å². The van der Waals surface area contributed by atoms with Crippen molar-refractivity contribution >= 4 is 16.9 Å². The molecule has 0 aliphatic heterocycles. The summed E-state index contributed by atoms with van der Waals surface area (Å²) in [6.07, 6.45) is 4.16. The van der Waals surface area contributed by atoms with E-state index in [1.165, 1.54) is 0 Å². The van der Waals surface area contributed by atoms with Gasteiger partial charge < -0.3 is 5.11 Å². The van der Waals surface area contributed by atoms with Crippen LogP contribution >= 0.6 is 0 Å². The minimum absolute atomic E-state index is 0.542. The average molecular weight is 256 g/mol. The number of aromatic nitrogens is 1. The first-order valence-electron chi connectivity index (χ1n) is 6.52. The first-order chi connectivity index (χ1) is 9.21. The Labute approximate surface area is 111 Å². The highest BCUT2D eigenvalue weighted by Gasteiger charge is 2.43. The summed E-state index contributed by atoms with van der Waals surface area (Å²) < 4.78 is 0. The van der Waals surface area contributed by atoms with Crippen molar-refractivity contribution in [1.82, 2.24) is 10.3 Å². The van der Waals surface area contributed by atoms with Crippen LogP contribution in [0.5, 0.6) is 0 Å². The number of hydrogen-bond donors (Lipinski definition) is 2. The van der Waals surface area contributed by atoms with Crippen LogP contribution in [0, 0.1) is 0 Å². The topological polar surface area (TPSA) is 62.2 Å². The lowest BCUT2D eigenvalue weighted by molar-refractivity contribution is -0.148. The molecular weight excluding hydrogens is 240 g/mol. The number of pyridine rings is 1. The fourth-order valence-corrected chi connectivity index (χ4v) is 2.57. The molecule has 4 nitrogen and oxygen atoms in total. The molecule has 1 aliphatic rings. The maximum absolute atomic E-state index is 11.3. The standard InChI is InChI=1S/C15H16N2O2/c18-14(19)15(7-3-8-15)17-10-12-5-1-4-11-6-2-9-16-13(11)12/h1-2,4-6,9,17H,3,7-8,10H2,(H,18,19). The molecule has 0 radical (unpaired) electrons. The van der Waals surface area contributed by atoms with Gasteiger partial charge in [0.15, 0.2) is 0 Å². The molecule has 1 saturated carbocycles. The second-order valence-corrected chi connectivity index (χ2v) is 5.09. The predicted octanol–water partition coefficient (Wildman–Crippen LogP) is 2.33. The summed E-state index contributed by atoms with van der Waals surface area (Å²) in [5.74, 6) is -0.744. The monoisotopic (exact) mass is 256 g/mol. The van der Waals surface area contributed by atoms with Gasteiger partial charge in [-0.2, -0.15) is 0 Å². The number of para-hydroxylation sites is 1. The van der Waals surface area contributed by atoms with E-state index in [2.05, 4.69) is 10.3 Å². The number of nitrogens with one attached hydrogen (secondary N) is 1. The summed E-state index contributed by atoms with van der Waals surface area (Å²) in [5.41, 5.74) is 1.26. The van der Waals surface area contributed by atoms with Crippen molar-refractivity contribution in [2.24, 2.45) is 0 Å². The third-order valence-electron chi connectivity index (χ3n) is 3.95. The zero-order valence-electron chi connectivity index (χ0n) is 10.6. The van der Waals surface area contributed by atoms with Gasteiger partial charge in [-0.1, -0.05) is 24.3 Å². The van der Waals surface area contributed by atoms with Gasteiger partial charge in [0, 0.05) is 18.1 Å². The lowest BCUT2D eigenvalue weighted by atomic mass is 9.76. The highest BCUT2D eigenvalue weighted by molar-refractivity contribution is 5.82. The van der Waals surface area contributed by atoms with Crippen molar-refractivity contribution in [3.8, 4) is 0 Å². The molecule has 0 saturated heterocycles. The lowest BCUT2D eigenvalue weighted by Gasteiger charge is -2.38. The van der Waals surface area contributed by atoms with Crippen molar-refractivity contribution in [3.05, 3.63) is 42.1 Å². The molecule has 0 amide bonds. The number of benzene rings is 1. The second-order valence-electron chi connectivity index (χ2n) is 5.09. The molecule has 19 heavy (non-hydrogen) atoms. The molecule has 1 aromatic heterocycles. The van der Waals surface area contributed by atoms with Crippen molar-refractivity contribution in [2.75, 3.05) is 0 Å². The van der Waals surface area contributed by atoms with Gasteiger partial charge in [0.25, 0.3) is 0 Å². The Bertz CT molecular complexity index is 615. The van der Waals surface area contributed by atoms with Gasteiger partial charge >= 0.3 is 5.97 Å². The molecule has 1 fully saturated rings. The van der Waals surface area contributed by atoms with Crippen molar-refractivity contribution in [3.63, 3.8) is 0 Å². The van der Waals surface area contributed by atoms with Crippen LogP contribution in [-0.4, -0.2) is 21.6 Å². The molecule has 0 unspecified atom stereocenters. The molecule has 2 N–H and O–H groups in total. The van der Waals surface area contributed by atoms with Crippen LogP contribution < -0.4 is 5.32 Å². The summed E-state index contributed by atoms with van der Waals surface area (Å²) in [6.45, 7) is 0.542. The minimum atomic E-state index is -0.744. The number of aliphatic carboxylic acids is 1. The van der Waals surface area contributed by atoms with Crippen LogP contribution in [0.1, 0.15) is 24.8 Å². The smallest absolute Gasteiger partial charge is 0.323 e. The summed E-state index contributed by atoms with van der Waals surface area (Å²) >= 11 is 0. The van der Waals surface area contributed by atoms with Gasteiger partial charge in [-0.05, 0) is 30.9 Å². The van der Waals surface area contributed by atoms with E-state index in [1.54, 1.807) is 6.20 Å². The lowest BCUT2D eigenvalue weighted by Crippen LogP contribution is -2.56. The number of carboxylic acid groups (broad SMARTS) is 1. The van der Waals surface area contributed by atoms with E-state index in [4.69, 9.17) is 0 Å². The average Bonchev–Trinajstić information content (AvgIpc) is 2.37. The number of nitrogens with zero attached hydrogens (tertiary/aromatic N) is 1. The molecule has 98 valence electrons.